The summed E-state index contributed by atoms with van der Waals surface area (Å²) in [6.45, 7) is 0.586. The number of rotatable bonds is 10. The molecule has 186 valence electrons. The second-order valence-electron chi connectivity index (χ2n) is 8.47. The van der Waals surface area contributed by atoms with Crippen LogP contribution in [0.15, 0.2) is 78.9 Å². The van der Waals surface area contributed by atoms with Gasteiger partial charge < -0.3 is 14.8 Å². The molecule has 0 aliphatic heterocycles. The average molecular weight is 488 g/mol. The summed E-state index contributed by atoms with van der Waals surface area (Å²) < 4.78 is 10.3. The Bertz CT molecular complexity index is 1170. The minimum absolute atomic E-state index is 0.00517. The predicted molar refractivity (Wildman–Crippen MR) is 135 cm³/mol. The number of esters is 1. The molecule has 36 heavy (non-hydrogen) atoms. The van der Waals surface area contributed by atoms with E-state index in [0.717, 1.165) is 27.8 Å². The van der Waals surface area contributed by atoms with Gasteiger partial charge in [0.25, 0.3) is 0 Å². The summed E-state index contributed by atoms with van der Waals surface area (Å²) in [4.78, 5) is 37.0. The van der Waals surface area contributed by atoms with Crippen LogP contribution >= 0.6 is 0 Å². The Morgan fingerprint density at radius 1 is 0.861 bits per heavy atom. The molecule has 1 atom stereocenters. The first-order valence-corrected chi connectivity index (χ1v) is 11.8. The topological polar surface area (TPSA) is 106 Å². The largest absolute Gasteiger partial charge is 0.467 e. The molecule has 3 aromatic carbocycles. The van der Waals surface area contributed by atoms with E-state index in [4.69, 9.17) is 9.47 Å². The van der Waals surface area contributed by atoms with Crippen molar-refractivity contribution in [2.45, 2.75) is 31.3 Å². The quantitative estimate of drug-likeness (QED) is 0.298. The SMILES string of the molecule is COC(=O)[C@@H](CCC(=O)NNCc1ccccc1)NC(=O)OCC1c2ccccc2-c2ccccc21. The highest BCUT2D eigenvalue weighted by atomic mass is 16.6. The molecule has 8 nitrogen and oxygen atoms in total. The van der Waals surface area contributed by atoms with Gasteiger partial charge in [0.1, 0.15) is 12.6 Å². The Morgan fingerprint density at radius 2 is 1.47 bits per heavy atom. The highest BCUT2D eigenvalue weighted by Crippen LogP contribution is 2.44. The lowest BCUT2D eigenvalue weighted by molar-refractivity contribution is -0.143. The molecule has 0 saturated heterocycles. The number of nitrogens with one attached hydrogen (secondary N) is 3. The molecule has 0 saturated carbocycles. The van der Waals surface area contributed by atoms with Crippen molar-refractivity contribution >= 4 is 18.0 Å². The van der Waals surface area contributed by atoms with Crippen molar-refractivity contribution in [3.05, 3.63) is 95.6 Å². The molecule has 8 heteroatoms. The molecule has 0 aromatic heterocycles. The number of hydrazine groups is 1. The van der Waals surface area contributed by atoms with E-state index in [1.807, 2.05) is 66.7 Å². The van der Waals surface area contributed by atoms with Crippen molar-refractivity contribution in [1.82, 2.24) is 16.2 Å². The van der Waals surface area contributed by atoms with E-state index < -0.39 is 18.1 Å². The normalized spacial score (nSPS) is 12.7. The van der Waals surface area contributed by atoms with Crippen LogP contribution in [0, 0.1) is 0 Å². The number of ether oxygens (including phenoxy) is 2. The minimum Gasteiger partial charge on any atom is -0.467 e. The van der Waals surface area contributed by atoms with Crippen LogP contribution < -0.4 is 16.2 Å². The lowest BCUT2D eigenvalue weighted by Crippen LogP contribution is -2.43. The van der Waals surface area contributed by atoms with Gasteiger partial charge in [-0.2, -0.15) is 0 Å². The highest BCUT2D eigenvalue weighted by Gasteiger charge is 2.30. The standard InChI is InChI=1S/C28H29N3O5/c1-35-27(33)25(15-16-26(32)31-29-17-19-9-3-2-4-10-19)30-28(34)36-18-24-22-13-7-5-11-20(22)21-12-6-8-14-23(21)24/h2-14,24-25,29H,15-18H2,1H3,(H,30,34)(H,31,32)/t25-/m1/s1. The number of methoxy groups -OCH3 is 1. The zero-order valence-electron chi connectivity index (χ0n) is 20.0. The smallest absolute Gasteiger partial charge is 0.407 e. The second-order valence-corrected chi connectivity index (χ2v) is 8.47. The van der Waals surface area contributed by atoms with Gasteiger partial charge in [0.05, 0.1) is 7.11 Å². The highest BCUT2D eigenvalue weighted by molar-refractivity contribution is 5.83. The molecule has 3 N–H and O–H groups in total. The molecular formula is C28H29N3O5. The van der Waals surface area contributed by atoms with Crippen molar-refractivity contribution in [3.63, 3.8) is 0 Å². The molecule has 0 spiro atoms. The van der Waals surface area contributed by atoms with Crippen LogP contribution in [-0.2, 0) is 25.6 Å². The van der Waals surface area contributed by atoms with Crippen LogP contribution in [0.1, 0.15) is 35.4 Å². The van der Waals surface area contributed by atoms with Crippen molar-refractivity contribution in [3.8, 4) is 11.1 Å². The Morgan fingerprint density at radius 3 is 2.11 bits per heavy atom. The first kappa shape index (κ1) is 24.9. The van der Waals surface area contributed by atoms with E-state index in [1.165, 1.54) is 7.11 Å². The van der Waals surface area contributed by atoms with Crippen molar-refractivity contribution < 1.29 is 23.9 Å². The Kier molecular flexibility index (Phi) is 8.31. The van der Waals surface area contributed by atoms with Crippen molar-refractivity contribution in [2.75, 3.05) is 13.7 Å². The van der Waals surface area contributed by atoms with Crippen molar-refractivity contribution in [2.24, 2.45) is 0 Å². The molecule has 3 aromatic rings. The van der Waals surface area contributed by atoms with Gasteiger partial charge in [-0.25, -0.2) is 15.0 Å². The molecule has 1 aliphatic carbocycles. The Hall–Kier alpha value is -4.17. The van der Waals surface area contributed by atoms with Gasteiger partial charge >= 0.3 is 12.1 Å². The number of fused-ring (bicyclic) bond motifs is 3. The zero-order valence-corrected chi connectivity index (χ0v) is 20.0. The summed E-state index contributed by atoms with van der Waals surface area (Å²) >= 11 is 0. The monoisotopic (exact) mass is 487 g/mol. The first-order valence-electron chi connectivity index (χ1n) is 11.8. The van der Waals surface area contributed by atoms with Crippen LogP contribution in [0.25, 0.3) is 11.1 Å². The van der Waals surface area contributed by atoms with Crippen LogP contribution in [0.5, 0.6) is 0 Å². The number of hydrogen-bond acceptors (Lipinski definition) is 6. The third kappa shape index (κ3) is 6.09. The third-order valence-corrected chi connectivity index (χ3v) is 6.14. The fourth-order valence-electron chi connectivity index (χ4n) is 4.35. The van der Waals surface area contributed by atoms with Crippen LogP contribution in [0.4, 0.5) is 4.79 Å². The molecule has 0 fully saturated rings. The fraction of sp³-hybridized carbons (Fsp3) is 0.250. The van der Waals surface area contributed by atoms with Gasteiger partial charge in [0, 0.05) is 18.9 Å². The molecule has 2 amide bonds. The molecule has 0 unspecified atom stereocenters. The molecule has 0 bridgehead atoms. The summed E-state index contributed by atoms with van der Waals surface area (Å²) in [5.41, 5.74) is 10.9. The fourth-order valence-corrected chi connectivity index (χ4v) is 4.35. The van der Waals surface area contributed by atoms with Crippen LogP contribution in [0.3, 0.4) is 0 Å². The summed E-state index contributed by atoms with van der Waals surface area (Å²) in [6.07, 6.45) is -0.670. The number of alkyl carbamates (subject to hydrolysis) is 1. The van der Waals surface area contributed by atoms with E-state index in [0.29, 0.717) is 6.54 Å². The second kappa shape index (κ2) is 12.0. The Balaban J connectivity index is 1.28. The molecule has 4 rings (SSSR count). The Labute approximate surface area is 210 Å². The zero-order chi connectivity index (χ0) is 25.3. The predicted octanol–water partition coefficient (Wildman–Crippen LogP) is 3.67. The number of carbonyl (C=O) groups excluding carboxylic acids is 3. The van der Waals surface area contributed by atoms with Gasteiger partial charge in [0.15, 0.2) is 0 Å². The van der Waals surface area contributed by atoms with E-state index >= 15 is 0 Å². The number of hydrogen-bond donors (Lipinski definition) is 3. The molecular weight excluding hydrogens is 458 g/mol. The van der Waals surface area contributed by atoms with Crippen LogP contribution in [-0.4, -0.2) is 37.7 Å². The number of benzene rings is 3. The third-order valence-electron chi connectivity index (χ3n) is 6.14. The van der Waals surface area contributed by atoms with E-state index in [9.17, 15) is 14.4 Å². The average Bonchev–Trinajstić information content (AvgIpc) is 3.23. The number of amides is 2. The maximum Gasteiger partial charge on any atom is 0.407 e. The van der Waals surface area contributed by atoms with E-state index in [1.54, 1.807) is 0 Å². The maximum absolute atomic E-state index is 12.6. The summed E-state index contributed by atoms with van der Waals surface area (Å²) in [5, 5.41) is 2.54. The first-order chi connectivity index (χ1) is 17.6. The van der Waals surface area contributed by atoms with E-state index in [-0.39, 0.29) is 31.3 Å². The molecule has 0 radical (unpaired) electrons. The lowest BCUT2D eigenvalue weighted by atomic mass is 9.98. The van der Waals surface area contributed by atoms with Crippen molar-refractivity contribution in [1.29, 1.82) is 0 Å². The van der Waals surface area contributed by atoms with Gasteiger partial charge in [-0.3, -0.25) is 10.2 Å². The van der Waals surface area contributed by atoms with Gasteiger partial charge in [-0.1, -0.05) is 78.9 Å². The van der Waals surface area contributed by atoms with Gasteiger partial charge in [-0.05, 0) is 34.2 Å². The molecule has 0 heterocycles. The van der Waals surface area contributed by atoms with Gasteiger partial charge in [0.2, 0.25) is 5.91 Å². The summed E-state index contributed by atoms with van der Waals surface area (Å²) in [6, 6.07) is 24.7. The summed E-state index contributed by atoms with van der Waals surface area (Å²) in [5.74, 6) is -1.05. The van der Waals surface area contributed by atoms with Crippen LogP contribution in [0.2, 0.25) is 0 Å². The van der Waals surface area contributed by atoms with Gasteiger partial charge in [-0.15, -0.1) is 0 Å². The summed E-state index contributed by atoms with van der Waals surface area (Å²) in [7, 11) is 1.23. The van der Waals surface area contributed by atoms with E-state index in [2.05, 4.69) is 28.3 Å². The maximum atomic E-state index is 12.6. The minimum atomic E-state index is -1.01. The molecule has 1 aliphatic rings. The number of carbonyl (C=O) groups is 3. The lowest BCUT2D eigenvalue weighted by Gasteiger charge is -2.18.